The molecule has 0 aliphatic heterocycles. The third-order valence-electron chi connectivity index (χ3n) is 7.46. The van der Waals surface area contributed by atoms with Gasteiger partial charge in [0.1, 0.15) is 18.7 Å². The molecule has 0 radical (unpaired) electrons. The fourth-order valence-corrected chi connectivity index (χ4v) is 4.98. The maximum atomic E-state index is 12.7. The standard InChI is InChI=1S/C23H28N2O5.C15H12N2O5/c1-16(2)13-19(25-23(29)30-15-18-11-7-4-8-12-18)21(26)24-20(22(27)28)14-17-9-5-3-6-10-17;18-13(11(14(19)20)9-5-1-3-7-16-9)12(15(21)22)10-6-2-4-8-17-10/h3-12,16,19-20H,13-15H2,1-2H3,(H,24,26)(H,25,29)(H,27,28);1-8,11-12H,(H,19,20)(H,21,22)/t19-,20-;/m0./s1. The van der Waals surface area contributed by atoms with Crippen LogP contribution in [0.1, 0.15) is 54.6 Å². The number of amides is 2. The zero-order valence-electron chi connectivity index (χ0n) is 28.5. The first-order valence-corrected chi connectivity index (χ1v) is 16.2. The lowest BCUT2D eigenvalue weighted by atomic mass is 9.87. The number of carboxylic acid groups (broad SMARTS) is 3. The van der Waals surface area contributed by atoms with Crippen molar-refractivity contribution in [2.75, 3.05) is 0 Å². The summed E-state index contributed by atoms with van der Waals surface area (Å²) in [5.74, 6) is -8.80. The first kappa shape index (κ1) is 40.0. The smallest absolute Gasteiger partial charge is 0.408 e. The van der Waals surface area contributed by atoms with Gasteiger partial charge in [-0.25, -0.2) is 9.59 Å². The van der Waals surface area contributed by atoms with E-state index in [4.69, 9.17) is 4.74 Å². The molecule has 272 valence electrons. The van der Waals surface area contributed by atoms with Crippen LogP contribution >= 0.6 is 0 Å². The number of ketones is 1. The molecule has 14 nitrogen and oxygen atoms in total. The lowest BCUT2D eigenvalue weighted by Crippen LogP contribution is -2.52. The van der Waals surface area contributed by atoms with E-state index >= 15 is 0 Å². The highest BCUT2D eigenvalue weighted by atomic mass is 16.5. The molecule has 4 atom stereocenters. The Hall–Kier alpha value is -6.44. The van der Waals surface area contributed by atoms with E-state index < -0.39 is 59.6 Å². The molecule has 14 heteroatoms. The number of carbonyl (C=O) groups is 6. The zero-order valence-corrected chi connectivity index (χ0v) is 28.5. The molecule has 2 heterocycles. The van der Waals surface area contributed by atoms with E-state index in [2.05, 4.69) is 20.6 Å². The number of carbonyl (C=O) groups excluding carboxylic acids is 3. The van der Waals surface area contributed by atoms with Crippen LogP contribution in [-0.4, -0.2) is 73.1 Å². The van der Waals surface area contributed by atoms with Gasteiger partial charge in [0.25, 0.3) is 0 Å². The number of nitrogens with zero attached hydrogens (tertiary/aromatic N) is 2. The fraction of sp³-hybridized carbons (Fsp3) is 0.263. The van der Waals surface area contributed by atoms with E-state index in [1.54, 1.807) is 24.3 Å². The number of hydrogen-bond donors (Lipinski definition) is 5. The number of benzene rings is 2. The van der Waals surface area contributed by atoms with Crippen molar-refractivity contribution in [3.8, 4) is 0 Å². The van der Waals surface area contributed by atoms with Crippen molar-refractivity contribution in [1.82, 2.24) is 20.6 Å². The van der Waals surface area contributed by atoms with Gasteiger partial charge in [-0.1, -0.05) is 86.6 Å². The second-order valence-electron chi connectivity index (χ2n) is 11.9. The Morgan fingerprint density at radius 3 is 1.52 bits per heavy atom. The molecule has 0 fully saturated rings. The molecule has 0 aliphatic carbocycles. The number of aromatic nitrogens is 2. The van der Waals surface area contributed by atoms with Crippen molar-refractivity contribution >= 4 is 35.7 Å². The van der Waals surface area contributed by atoms with Gasteiger partial charge in [-0.3, -0.25) is 29.1 Å². The van der Waals surface area contributed by atoms with Gasteiger partial charge in [0, 0.05) is 18.8 Å². The first-order chi connectivity index (χ1) is 24.9. The Morgan fingerprint density at radius 1 is 0.615 bits per heavy atom. The van der Waals surface area contributed by atoms with Gasteiger partial charge < -0.3 is 30.7 Å². The molecule has 2 amide bonds. The van der Waals surface area contributed by atoms with Crippen LogP contribution in [0.15, 0.2) is 109 Å². The lowest BCUT2D eigenvalue weighted by Gasteiger charge is -2.22. The van der Waals surface area contributed by atoms with Crippen molar-refractivity contribution in [1.29, 1.82) is 0 Å². The van der Waals surface area contributed by atoms with Crippen LogP contribution in [0.2, 0.25) is 0 Å². The molecule has 0 saturated carbocycles. The van der Waals surface area contributed by atoms with Crippen LogP contribution in [0, 0.1) is 5.92 Å². The summed E-state index contributed by atoms with van der Waals surface area (Å²) in [6, 6.07) is 25.2. The summed E-state index contributed by atoms with van der Waals surface area (Å²) in [5, 5.41) is 33.2. The second kappa shape index (κ2) is 20.3. The van der Waals surface area contributed by atoms with Gasteiger partial charge in [-0.05, 0) is 47.7 Å². The average Bonchev–Trinajstić information content (AvgIpc) is 3.12. The predicted octanol–water partition coefficient (Wildman–Crippen LogP) is 4.22. The number of Topliss-reactive ketones (excluding diaryl/α,β-unsaturated/α-hetero) is 1. The SMILES string of the molecule is CC(C)C[C@H](NC(=O)OCc1ccccc1)C(=O)N[C@@H](Cc1ccccc1)C(=O)O.O=C(O)C(C(=O)C(C(=O)O)c1ccccn1)c1ccccn1. The van der Waals surface area contributed by atoms with Crippen LogP contribution in [0.3, 0.4) is 0 Å². The molecular weight excluding hydrogens is 672 g/mol. The minimum atomic E-state index is -1.66. The van der Waals surface area contributed by atoms with Gasteiger partial charge in [0.2, 0.25) is 5.91 Å². The highest BCUT2D eigenvalue weighted by Gasteiger charge is 2.40. The molecule has 4 rings (SSSR count). The number of ether oxygens (including phenoxy) is 1. The molecular formula is C38H40N4O10. The number of carboxylic acids is 3. The van der Waals surface area contributed by atoms with Gasteiger partial charge in [-0.15, -0.1) is 0 Å². The van der Waals surface area contributed by atoms with E-state index in [-0.39, 0.29) is 30.3 Å². The van der Waals surface area contributed by atoms with Crippen molar-refractivity contribution in [3.63, 3.8) is 0 Å². The molecule has 2 aromatic carbocycles. The molecule has 52 heavy (non-hydrogen) atoms. The summed E-state index contributed by atoms with van der Waals surface area (Å²) in [5.41, 5.74) is 1.59. The highest BCUT2D eigenvalue weighted by molar-refractivity contribution is 6.14. The third kappa shape index (κ3) is 12.8. The van der Waals surface area contributed by atoms with Crippen molar-refractivity contribution in [2.45, 2.75) is 57.2 Å². The topological polar surface area (TPSA) is 222 Å². The predicted molar refractivity (Wildman–Crippen MR) is 187 cm³/mol. The van der Waals surface area contributed by atoms with E-state index in [9.17, 15) is 44.1 Å². The average molecular weight is 713 g/mol. The van der Waals surface area contributed by atoms with E-state index in [0.29, 0.717) is 6.42 Å². The van der Waals surface area contributed by atoms with Crippen molar-refractivity contribution < 1.29 is 48.8 Å². The number of alkyl carbamates (subject to hydrolysis) is 1. The number of aliphatic carboxylic acids is 3. The maximum Gasteiger partial charge on any atom is 0.408 e. The van der Waals surface area contributed by atoms with Crippen molar-refractivity contribution in [3.05, 3.63) is 132 Å². The van der Waals surface area contributed by atoms with Gasteiger partial charge in [0.05, 0.1) is 11.4 Å². The third-order valence-corrected chi connectivity index (χ3v) is 7.46. The van der Waals surface area contributed by atoms with Crippen LogP contribution in [-0.2, 0) is 41.7 Å². The van der Waals surface area contributed by atoms with Crippen LogP contribution in [0.25, 0.3) is 0 Å². The van der Waals surface area contributed by atoms with E-state index in [0.717, 1.165) is 11.1 Å². The molecule has 0 spiro atoms. The molecule has 2 aromatic heterocycles. The number of rotatable bonds is 16. The van der Waals surface area contributed by atoms with Crippen LogP contribution < -0.4 is 10.6 Å². The first-order valence-electron chi connectivity index (χ1n) is 16.2. The Bertz CT molecular complexity index is 1720. The Labute approximate surface area is 299 Å². The fourth-order valence-electron chi connectivity index (χ4n) is 4.98. The normalized spacial score (nSPS) is 12.8. The second-order valence-corrected chi connectivity index (χ2v) is 11.9. The minimum Gasteiger partial charge on any atom is -0.480 e. The summed E-state index contributed by atoms with van der Waals surface area (Å²) in [6.45, 7) is 3.90. The Morgan fingerprint density at radius 2 is 1.10 bits per heavy atom. The zero-order chi connectivity index (χ0) is 38.0. The quantitative estimate of drug-likeness (QED) is 0.103. The summed E-state index contributed by atoms with van der Waals surface area (Å²) in [4.78, 5) is 79.6. The Kier molecular flexibility index (Phi) is 15.6. The molecule has 4 aromatic rings. The van der Waals surface area contributed by atoms with E-state index in [1.807, 2.05) is 62.4 Å². The summed E-state index contributed by atoms with van der Waals surface area (Å²) < 4.78 is 5.19. The van der Waals surface area contributed by atoms with Gasteiger partial charge in [0.15, 0.2) is 17.6 Å². The van der Waals surface area contributed by atoms with Gasteiger partial charge in [-0.2, -0.15) is 0 Å². The molecule has 0 aliphatic rings. The number of hydrogen-bond acceptors (Lipinski definition) is 9. The number of nitrogens with one attached hydrogen (secondary N) is 2. The van der Waals surface area contributed by atoms with Crippen molar-refractivity contribution in [2.24, 2.45) is 5.92 Å². The molecule has 5 N–H and O–H groups in total. The van der Waals surface area contributed by atoms with Gasteiger partial charge >= 0.3 is 24.0 Å². The molecule has 2 unspecified atom stereocenters. The highest BCUT2D eigenvalue weighted by Crippen LogP contribution is 2.25. The molecule has 0 bridgehead atoms. The van der Waals surface area contributed by atoms with Crippen LogP contribution in [0.4, 0.5) is 4.79 Å². The monoisotopic (exact) mass is 712 g/mol. The molecule has 0 saturated heterocycles. The summed E-state index contributed by atoms with van der Waals surface area (Å²) in [6.07, 6.45) is 2.46. The largest absolute Gasteiger partial charge is 0.480 e. The maximum absolute atomic E-state index is 12.7. The Balaban J connectivity index is 0.000000294. The van der Waals surface area contributed by atoms with E-state index in [1.165, 1.54) is 36.7 Å². The minimum absolute atomic E-state index is 0.0119. The summed E-state index contributed by atoms with van der Waals surface area (Å²) in [7, 11) is 0. The van der Waals surface area contributed by atoms with Crippen LogP contribution in [0.5, 0.6) is 0 Å². The summed E-state index contributed by atoms with van der Waals surface area (Å²) >= 11 is 0. The lowest BCUT2D eigenvalue weighted by molar-refractivity contribution is -0.147. The number of pyridine rings is 2.